The Bertz CT molecular complexity index is 151. The molecule has 0 amide bonds. The molecule has 1 aliphatic rings. The molecule has 12 heavy (non-hydrogen) atoms. The molecule has 0 spiro atoms. The van der Waals surface area contributed by atoms with Gasteiger partial charge in [-0.2, -0.15) is 0 Å². The highest BCUT2D eigenvalue weighted by Crippen LogP contribution is 2.45. The van der Waals surface area contributed by atoms with Crippen molar-refractivity contribution < 1.29 is 0 Å². The van der Waals surface area contributed by atoms with Crippen LogP contribution in [0.5, 0.6) is 0 Å². The lowest BCUT2D eigenvalue weighted by molar-refractivity contribution is 0.107. The lowest BCUT2D eigenvalue weighted by Gasteiger charge is -2.43. The second-order valence-corrected chi connectivity index (χ2v) is 5.84. The third-order valence-corrected chi connectivity index (χ3v) is 3.39. The normalized spacial score (nSPS) is 24.8. The summed E-state index contributed by atoms with van der Waals surface area (Å²) in [5.74, 6) is 0. The Labute approximate surface area is 76.7 Å². The molecule has 1 heteroatoms. The van der Waals surface area contributed by atoms with Crippen molar-refractivity contribution in [3.8, 4) is 0 Å². The van der Waals surface area contributed by atoms with E-state index in [9.17, 15) is 0 Å². The Kier molecular flexibility index (Phi) is 2.53. The zero-order valence-corrected chi connectivity index (χ0v) is 8.98. The average molecular weight is 169 g/mol. The Hall–Kier alpha value is -0.0400. The SMILES string of the molecule is CC1(CC(N)C(C)(C)C)CCC1. The summed E-state index contributed by atoms with van der Waals surface area (Å²) in [6.07, 6.45) is 5.39. The first-order valence-corrected chi connectivity index (χ1v) is 5.09. The fourth-order valence-corrected chi connectivity index (χ4v) is 1.82. The molecule has 1 nitrogen and oxygen atoms in total. The van der Waals surface area contributed by atoms with E-state index in [0.717, 1.165) is 0 Å². The molecule has 1 atom stereocenters. The van der Waals surface area contributed by atoms with Crippen molar-refractivity contribution in [2.45, 2.75) is 59.4 Å². The minimum Gasteiger partial charge on any atom is -0.327 e. The van der Waals surface area contributed by atoms with E-state index in [-0.39, 0.29) is 5.41 Å². The smallest absolute Gasteiger partial charge is 0.00928 e. The Morgan fingerprint density at radius 1 is 1.33 bits per heavy atom. The molecule has 0 aromatic rings. The zero-order chi connectivity index (χ0) is 9.41. The van der Waals surface area contributed by atoms with Gasteiger partial charge < -0.3 is 5.73 Å². The van der Waals surface area contributed by atoms with Gasteiger partial charge in [-0.15, -0.1) is 0 Å². The summed E-state index contributed by atoms with van der Waals surface area (Å²) in [7, 11) is 0. The Morgan fingerprint density at radius 3 is 2.08 bits per heavy atom. The minimum atomic E-state index is 0.276. The van der Waals surface area contributed by atoms with Crippen molar-refractivity contribution in [3.63, 3.8) is 0 Å². The second kappa shape index (κ2) is 3.02. The van der Waals surface area contributed by atoms with E-state index >= 15 is 0 Å². The van der Waals surface area contributed by atoms with Gasteiger partial charge in [-0.1, -0.05) is 34.1 Å². The minimum absolute atomic E-state index is 0.276. The first-order valence-electron chi connectivity index (χ1n) is 5.09. The average Bonchev–Trinajstić information content (AvgIpc) is 1.82. The van der Waals surface area contributed by atoms with Crippen LogP contribution in [-0.4, -0.2) is 6.04 Å². The van der Waals surface area contributed by atoms with Crippen LogP contribution in [0.2, 0.25) is 0 Å². The molecule has 2 N–H and O–H groups in total. The van der Waals surface area contributed by atoms with E-state index in [4.69, 9.17) is 5.73 Å². The van der Waals surface area contributed by atoms with Crippen molar-refractivity contribution in [2.75, 3.05) is 0 Å². The van der Waals surface area contributed by atoms with Gasteiger partial charge in [-0.05, 0) is 30.1 Å². The maximum Gasteiger partial charge on any atom is 0.00928 e. The lowest BCUT2D eigenvalue weighted by atomic mass is 9.64. The number of hydrogen-bond acceptors (Lipinski definition) is 1. The maximum absolute atomic E-state index is 6.15. The molecule has 0 aromatic carbocycles. The van der Waals surface area contributed by atoms with Crippen LogP contribution in [0.3, 0.4) is 0 Å². The molecule has 1 rings (SSSR count). The van der Waals surface area contributed by atoms with Gasteiger partial charge in [0.2, 0.25) is 0 Å². The van der Waals surface area contributed by atoms with Crippen LogP contribution in [0, 0.1) is 10.8 Å². The van der Waals surface area contributed by atoms with Gasteiger partial charge in [-0.25, -0.2) is 0 Å². The van der Waals surface area contributed by atoms with Gasteiger partial charge in [0.25, 0.3) is 0 Å². The highest BCUT2D eigenvalue weighted by Gasteiger charge is 2.36. The Balaban J connectivity index is 2.40. The van der Waals surface area contributed by atoms with E-state index in [0.29, 0.717) is 11.5 Å². The topological polar surface area (TPSA) is 26.0 Å². The zero-order valence-electron chi connectivity index (χ0n) is 8.98. The molecule has 1 aliphatic carbocycles. The van der Waals surface area contributed by atoms with E-state index in [1.54, 1.807) is 0 Å². The van der Waals surface area contributed by atoms with Crippen molar-refractivity contribution in [1.29, 1.82) is 0 Å². The van der Waals surface area contributed by atoms with Gasteiger partial charge in [0.05, 0.1) is 0 Å². The van der Waals surface area contributed by atoms with Crippen LogP contribution in [-0.2, 0) is 0 Å². The van der Waals surface area contributed by atoms with Crippen LogP contribution in [0.15, 0.2) is 0 Å². The van der Waals surface area contributed by atoms with Crippen molar-refractivity contribution in [1.82, 2.24) is 0 Å². The first kappa shape index (κ1) is 10.0. The lowest BCUT2D eigenvalue weighted by Crippen LogP contribution is -2.41. The van der Waals surface area contributed by atoms with Crippen LogP contribution in [0.4, 0.5) is 0 Å². The predicted molar refractivity (Wildman–Crippen MR) is 54.0 cm³/mol. The molecule has 72 valence electrons. The first-order chi connectivity index (χ1) is 5.33. The van der Waals surface area contributed by atoms with E-state index < -0.39 is 0 Å². The maximum atomic E-state index is 6.15. The summed E-state index contributed by atoms with van der Waals surface area (Å²) < 4.78 is 0. The number of rotatable bonds is 2. The molecular formula is C11H23N. The monoisotopic (exact) mass is 169 g/mol. The van der Waals surface area contributed by atoms with Crippen LogP contribution < -0.4 is 5.73 Å². The van der Waals surface area contributed by atoms with E-state index in [2.05, 4.69) is 27.7 Å². The van der Waals surface area contributed by atoms with Gasteiger partial charge >= 0.3 is 0 Å². The molecule has 1 saturated carbocycles. The highest BCUT2D eigenvalue weighted by molar-refractivity contribution is 4.90. The molecule has 1 unspecified atom stereocenters. The van der Waals surface area contributed by atoms with Crippen molar-refractivity contribution >= 4 is 0 Å². The summed E-state index contributed by atoms with van der Waals surface area (Å²) in [5, 5.41) is 0. The third-order valence-electron chi connectivity index (χ3n) is 3.39. The molecule has 0 heterocycles. The van der Waals surface area contributed by atoms with Crippen LogP contribution in [0.1, 0.15) is 53.4 Å². The third kappa shape index (κ3) is 2.22. The fourth-order valence-electron chi connectivity index (χ4n) is 1.82. The number of nitrogens with two attached hydrogens (primary N) is 1. The fraction of sp³-hybridized carbons (Fsp3) is 1.00. The summed E-state index contributed by atoms with van der Waals surface area (Å²) in [6, 6.07) is 0.364. The summed E-state index contributed by atoms with van der Waals surface area (Å²) in [6.45, 7) is 9.08. The Morgan fingerprint density at radius 2 is 1.83 bits per heavy atom. The standard InChI is InChI=1S/C11H23N/c1-10(2,3)9(12)8-11(4)6-5-7-11/h9H,5-8,12H2,1-4H3. The molecule has 0 bridgehead atoms. The molecule has 0 aliphatic heterocycles. The second-order valence-electron chi connectivity index (χ2n) is 5.84. The van der Waals surface area contributed by atoms with E-state index in [1.807, 2.05) is 0 Å². The van der Waals surface area contributed by atoms with Crippen molar-refractivity contribution in [3.05, 3.63) is 0 Å². The highest BCUT2D eigenvalue weighted by atomic mass is 14.7. The molecule has 1 fully saturated rings. The molecule has 0 radical (unpaired) electrons. The molecule has 0 aromatic heterocycles. The van der Waals surface area contributed by atoms with Gasteiger partial charge in [0.1, 0.15) is 0 Å². The summed E-state index contributed by atoms with van der Waals surface area (Å²) in [5.41, 5.74) is 7.00. The number of hydrogen-bond donors (Lipinski definition) is 1. The summed E-state index contributed by atoms with van der Waals surface area (Å²) >= 11 is 0. The van der Waals surface area contributed by atoms with Crippen molar-refractivity contribution in [2.24, 2.45) is 16.6 Å². The van der Waals surface area contributed by atoms with Gasteiger partial charge in [0, 0.05) is 6.04 Å². The van der Waals surface area contributed by atoms with Crippen LogP contribution in [0.25, 0.3) is 0 Å². The van der Waals surface area contributed by atoms with Gasteiger partial charge in [-0.3, -0.25) is 0 Å². The largest absolute Gasteiger partial charge is 0.327 e. The molecular weight excluding hydrogens is 146 g/mol. The summed E-state index contributed by atoms with van der Waals surface area (Å²) in [4.78, 5) is 0. The van der Waals surface area contributed by atoms with Gasteiger partial charge in [0.15, 0.2) is 0 Å². The van der Waals surface area contributed by atoms with Crippen LogP contribution >= 0.6 is 0 Å². The van der Waals surface area contributed by atoms with E-state index in [1.165, 1.54) is 25.7 Å². The molecule has 0 saturated heterocycles. The quantitative estimate of drug-likeness (QED) is 0.675. The predicted octanol–water partition coefficient (Wildman–Crippen LogP) is 2.94.